The van der Waals surface area contributed by atoms with E-state index in [1.165, 1.54) is 302 Å². The maximum absolute atomic E-state index is 13.2. The normalized spacial score (nSPS) is 13.8. The predicted molar refractivity (Wildman–Crippen MR) is 451 cm³/mol. The van der Waals surface area contributed by atoms with Gasteiger partial charge in [0, 0.05) is 25.7 Å². The van der Waals surface area contributed by atoms with E-state index in [1.54, 1.807) is 0 Å². The Morgan fingerprint density at radius 3 is 0.624 bits per heavy atom. The zero-order valence-electron chi connectivity index (χ0n) is 71.9. The van der Waals surface area contributed by atoms with Crippen molar-refractivity contribution < 1.29 is 80.2 Å². The van der Waals surface area contributed by atoms with E-state index in [4.69, 9.17) is 37.0 Å². The second-order valence-corrected chi connectivity index (χ2v) is 36.2. The molecule has 0 aromatic rings. The molecule has 0 aromatic carbocycles. The van der Waals surface area contributed by atoms with Crippen molar-refractivity contribution in [2.75, 3.05) is 39.6 Å². The summed E-state index contributed by atoms with van der Waals surface area (Å²) in [5.74, 6) is -0.589. The third kappa shape index (κ3) is 83.8. The number of hydrogen-bond donors (Lipinski definition) is 3. The molecule has 5 atom stereocenters. The van der Waals surface area contributed by atoms with Gasteiger partial charge in [0.15, 0.2) is 12.2 Å². The van der Waals surface area contributed by atoms with Gasteiger partial charge in [0.2, 0.25) is 0 Å². The fourth-order valence-corrected chi connectivity index (χ4v) is 15.7. The molecule has 0 aliphatic carbocycles. The molecule has 0 aliphatic rings. The maximum Gasteiger partial charge on any atom is 0.472 e. The quantitative estimate of drug-likeness (QED) is 0.0222. The van der Waals surface area contributed by atoms with Gasteiger partial charge >= 0.3 is 39.5 Å². The third-order valence-electron chi connectivity index (χ3n) is 21.2. The highest BCUT2D eigenvalue weighted by molar-refractivity contribution is 7.47. The molecular weight excluding hydrogens is 1410 g/mol. The topological polar surface area (TPSA) is 237 Å². The largest absolute Gasteiger partial charge is 0.472 e. The fraction of sp³-hybridized carbons (Fsp3) is 0.956. The summed E-state index contributed by atoms with van der Waals surface area (Å²) in [6, 6.07) is 0. The molecular formula is C90H176O17P2. The standard InChI is InChI=1S/C90H176O17P2/c1-7-9-11-13-15-17-19-21-23-25-27-29-31-33-35-37-39-41-50-56-62-68-74-89(94)106-85(78-100-87(92)72-66-60-54-48-40-38-36-34-32-30-28-26-24-22-20-18-16-14-12-10-8-2)80-104-108(96,97)102-76-84(91)77-103-109(98,99)105-81-86(107-90(95)75-69-63-57-51-45-43-47-53-59-65-71-83(5)6)79-101-88(93)73-67-61-55-49-44-42-46-52-58-64-70-82(3)4/h82-86,91H,7-81H2,1-6H3,(H,96,97)(H,98,99)/t84-,85-,86-/m1/s1. The Balaban J connectivity index is 5.23. The minimum atomic E-state index is -4.97. The molecule has 0 radical (unpaired) electrons. The summed E-state index contributed by atoms with van der Waals surface area (Å²) in [5, 5.41) is 10.7. The Kier molecular flexibility index (Phi) is 79.8. The van der Waals surface area contributed by atoms with Crippen LogP contribution in [0.5, 0.6) is 0 Å². The van der Waals surface area contributed by atoms with Gasteiger partial charge in [0.1, 0.15) is 19.3 Å². The summed E-state index contributed by atoms with van der Waals surface area (Å²) in [6.07, 6.45) is 75.2. The average molecular weight is 1590 g/mol. The van der Waals surface area contributed by atoms with Gasteiger partial charge in [-0.15, -0.1) is 0 Å². The molecule has 0 bridgehead atoms. The first-order chi connectivity index (χ1) is 52.9. The highest BCUT2D eigenvalue weighted by Gasteiger charge is 2.31. The van der Waals surface area contributed by atoms with Crippen molar-refractivity contribution in [3.63, 3.8) is 0 Å². The molecule has 648 valence electrons. The van der Waals surface area contributed by atoms with Crippen LogP contribution < -0.4 is 0 Å². The molecule has 0 spiro atoms. The smallest absolute Gasteiger partial charge is 0.462 e. The van der Waals surface area contributed by atoms with Gasteiger partial charge in [-0.1, -0.05) is 433 Å². The van der Waals surface area contributed by atoms with Crippen molar-refractivity contribution in [2.45, 2.75) is 503 Å². The summed E-state index contributed by atoms with van der Waals surface area (Å²) in [6.45, 7) is 9.67. The summed E-state index contributed by atoms with van der Waals surface area (Å²) in [4.78, 5) is 73.4. The van der Waals surface area contributed by atoms with E-state index in [0.717, 1.165) is 102 Å². The van der Waals surface area contributed by atoms with Crippen molar-refractivity contribution in [1.29, 1.82) is 0 Å². The van der Waals surface area contributed by atoms with E-state index in [-0.39, 0.29) is 25.7 Å². The molecule has 109 heavy (non-hydrogen) atoms. The monoisotopic (exact) mass is 1590 g/mol. The van der Waals surface area contributed by atoms with E-state index in [0.29, 0.717) is 25.7 Å². The number of phosphoric ester groups is 2. The highest BCUT2D eigenvalue weighted by atomic mass is 31.2. The summed E-state index contributed by atoms with van der Waals surface area (Å²) < 4.78 is 69.0. The number of aliphatic hydroxyl groups is 1. The SMILES string of the molecule is CCCCCCCCCCCCCCCCCCCCCCCCC(=O)O[C@H](COC(=O)CCCCCCCCCCCCCCCCCCCCCCC)COP(=O)(O)OC[C@@H](O)COP(=O)(O)OC[C@@H](COC(=O)CCCCCCCCCCCCC(C)C)OC(=O)CCCCCCCCCCCCC(C)C. The Morgan fingerprint density at radius 2 is 0.422 bits per heavy atom. The number of phosphoric acid groups is 2. The molecule has 0 amide bonds. The fourth-order valence-electron chi connectivity index (χ4n) is 14.1. The van der Waals surface area contributed by atoms with Crippen LogP contribution in [0.2, 0.25) is 0 Å². The number of esters is 4. The first-order valence-corrected chi connectivity index (χ1v) is 49.5. The van der Waals surface area contributed by atoms with Crippen LogP contribution in [0.1, 0.15) is 485 Å². The lowest BCUT2D eigenvalue weighted by Crippen LogP contribution is -2.30. The van der Waals surface area contributed by atoms with Crippen LogP contribution in [-0.4, -0.2) is 96.7 Å². The predicted octanol–water partition coefficient (Wildman–Crippen LogP) is 27.8. The lowest BCUT2D eigenvalue weighted by Gasteiger charge is -2.21. The summed E-state index contributed by atoms with van der Waals surface area (Å²) >= 11 is 0. The lowest BCUT2D eigenvalue weighted by atomic mass is 10.0. The van der Waals surface area contributed by atoms with E-state index < -0.39 is 97.5 Å². The first-order valence-electron chi connectivity index (χ1n) is 46.5. The number of rotatable bonds is 89. The number of ether oxygens (including phenoxy) is 4. The number of carbonyl (C=O) groups excluding carboxylic acids is 4. The summed E-state index contributed by atoms with van der Waals surface area (Å²) in [5.41, 5.74) is 0. The Hall–Kier alpha value is -1.94. The van der Waals surface area contributed by atoms with E-state index in [1.807, 2.05) is 0 Å². The van der Waals surface area contributed by atoms with Crippen LogP contribution in [0.25, 0.3) is 0 Å². The highest BCUT2D eigenvalue weighted by Crippen LogP contribution is 2.45. The van der Waals surface area contributed by atoms with Gasteiger partial charge in [-0.05, 0) is 37.5 Å². The minimum absolute atomic E-state index is 0.106. The van der Waals surface area contributed by atoms with Crippen molar-refractivity contribution in [2.24, 2.45) is 11.8 Å². The Labute approximate surface area is 670 Å². The zero-order valence-corrected chi connectivity index (χ0v) is 73.7. The molecule has 2 unspecified atom stereocenters. The molecule has 0 saturated carbocycles. The molecule has 19 heteroatoms. The van der Waals surface area contributed by atoms with Gasteiger partial charge in [-0.2, -0.15) is 0 Å². The van der Waals surface area contributed by atoms with Crippen molar-refractivity contribution in [3.05, 3.63) is 0 Å². The maximum atomic E-state index is 13.2. The number of carbonyl (C=O) groups is 4. The van der Waals surface area contributed by atoms with Crippen LogP contribution in [-0.2, 0) is 65.4 Å². The van der Waals surface area contributed by atoms with Crippen molar-refractivity contribution >= 4 is 39.5 Å². The van der Waals surface area contributed by atoms with E-state index in [9.17, 15) is 43.2 Å². The van der Waals surface area contributed by atoms with Crippen LogP contribution in [0.3, 0.4) is 0 Å². The molecule has 0 saturated heterocycles. The molecule has 17 nitrogen and oxygen atoms in total. The lowest BCUT2D eigenvalue weighted by molar-refractivity contribution is -0.161. The van der Waals surface area contributed by atoms with E-state index >= 15 is 0 Å². The van der Waals surface area contributed by atoms with Crippen LogP contribution in [0.4, 0.5) is 0 Å². The van der Waals surface area contributed by atoms with Gasteiger partial charge in [-0.3, -0.25) is 37.3 Å². The third-order valence-corrected chi connectivity index (χ3v) is 23.1. The van der Waals surface area contributed by atoms with Crippen molar-refractivity contribution in [1.82, 2.24) is 0 Å². The molecule has 0 fully saturated rings. The zero-order chi connectivity index (χ0) is 79.9. The second-order valence-electron chi connectivity index (χ2n) is 33.3. The Morgan fingerprint density at radius 1 is 0.248 bits per heavy atom. The van der Waals surface area contributed by atoms with Crippen LogP contribution >= 0.6 is 15.6 Å². The number of aliphatic hydroxyl groups excluding tert-OH is 1. The van der Waals surface area contributed by atoms with Crippen LogP contribution in [0.15, 0.2) is 0 Å². The Bertz CT molecular complexity index is 2080. The van der Waals surface area contributed by atoms with Gasteiger partial charge in [0.25, 0.3) is 0 Å². The number of hydrogen-bond acceptors (Lipinski definition) is 15. The number of unbranched alkanes of at least 4 members (excludes halogenated alkanes) is 59. The van der Waals surface area contributed by atoms with Gasteiger partial charge in [0.05, 0.1) is 26.4 Å². The molecule has 3 N–H and O–H groups in total. The minimum Gasteiger partial charge on any atom is -0.462 e. The first kappa shape index (κ1) is 107. The average Bonchev–Trinajstić information content (AvgIpc) is 0.899. The van der Waals surface area contributed by atoms with Gasteiger partial charge in [-0.25, -0.2) is 9.13 Å². The van der Waals surface area contributed by atoms with E-state index in [2.05, 4.69) is 41.5 Å². The molecule has 0 rings (SSSR count). The molecule has 0 aliphatic heterocycles. The van der Waals surface area contributed by atoms with Gasteiger partial charge < -0.3 is 33.8 Å². The van der Waals surface area contributed by atoms with Crippen LogP contribution in [0, 0.1) is 11.8 Å². The molecule has 0 aromatic heterocycles. The summed E-state index contributed by atoms with van der Waals surface area (Å²) in [7, 11) is -9.93. The second kappa shape index (κ2) is 81.2. The van der Waals surface area contributed by atoms with Crippen molar-refractivity contribution in [3.8, 4) is 0 Å². The molecule has 0 heterocycles.